The molecule has 0 spiro atoms. The van der Waals surface area contributed by atoms with Crippen LogP contribution in [-0.2, 0) is 4.79 Å². The molecule has 21 heavy (non-hydrogen) atoms. The van der Waals surface area contributed by atoms with E-state index in [-0.39, 0.29) is 0 Å². The van der Waals surface area contributed by atoms with E-state index in [0.717, 1.165) is 11.4 Å². The van der Waals surface area contributed by atoms with Gasteiger partial charge in [0.25, 0.3) is 0 Å². The van der Waals surface area contributed by atoms with Gasteiger partial charge in [-0.2, -0.15) is 5.10 Å². The maximum atomic E-state index is 11.7. The number of hydrogen-bond donors (Lipinski definition) is 0. The van der Waals surface area contributed by atoms with Gasteiger partial charge in [-0.3, -0.25) is 0 Å². The highest BCUT2D eigenvalue weighted by atomic mass is 32.1. The zero-order chi connectivity index (χ0) is 14.5. The van der Waals surface area contributed by atoms with Crippen molar-refractivity contribution in [3.63, 3.8) is 0 Å². The van der Waals surface area contributed by atoms with Crippen molar-refractivity contribution in [1.82, 2.24) is 14.8 Å². The second-order valence-corrected chi connectivity index (χ2v) is 4.83. The molecule has 0 unspecified atom stereocenters. The number of rotatable bonds is 4. The van der Waals surface area contributed by atoms with E-state index in [1.807, 2.05) is 29.8 Å². The van der Waals surface area contributed by atoms with Crippen LogP contribution in [0.25, 0.3) is 11.8 Å². The lowest BCUT2D eigenvalue weighted by atomic mass is 10.3. The van der Waals surface area contributed by atoms with Crippen molar-refractivity contribution >= 4 is 23.4 Å². The van der Waals surface area contributed by atoms with E-state index in [2.05, 4.69) is 10.1 Å². The van der Waals surface area contributed by atoms with Gasteiger partial charge in [0.15, 0.2) is 0 Å². The van der Waals surface area contributed by atoms with E-state index < -0.39 is 5.97 Å². The third-order valence-corrected chi connectivity index (χ3v) is 3.27. The van der Waals surface area contributed by atoms with E-state index in [9.17, 15) is 4.79 Å². The lowest BCUT2D eigenvalue weighted by Gasteiger charge is -2.04. The summed E-state index contributed by atoms with van der Waals surface area (Å²) in [6.07, 6.45) is 6.53. The number of nitrogens with zero attached hydrogens (tertiary/aromatic N) is 3. The maximum absolute atomic E-state index is 11.7. The van der Waals surface area contributed by atoms with Crippen LogP contribution < -0.4 is 4.74 Å². The van der Waals surface area contributed by atoms with Crippen molar-refractivity contribution in [2.45, 2.75) is 0 Å². The molecular formula is C15H11N3O2S. The Morgan fingerprint density at radius 1 is 1.29 bits per heavy atom. The monoisotopic (exact) mass is 297 g/mol. The van der Waals surface area contributed by atoms with Crippen LogP contribution >= 0.6 is 11.3 Å². The average molecular weight is 297 g/mol. The molecule has 104 valence electrons. The molecule has 3 aromatic rings. The third-order valence-electron chi connectivity index (χ3n) is 2.67. The number of carbonyl (C=O) groups excluding carboxylic acids is 1. The highest BCUT2D eigenvalue weighted by Crippen LogP contribution is 2.15. The second-order valence-electron chi connectivity index (χ2n) is 4.11. The van der Waals surface area contributed by atoms with Gasteiger partial charge in [0.1, 0.15) is 5.75 Å². The SMILES string of the molecule is O=C(/C=C\c1cscn1)Oc1ccc(-n2cccn2)cc1. The quantitative estimate of drug-likeness (QED) is 0.422. The van der Waals surface area contributed by atoms with Crippen molar-refractivity contribution in [1.29, 1.82) is 0 Å². The molecule has 0 aliphatic rings. The van der Waals surface area contributed by atoms with Gasteiger partial charge < -0.3 is 4.74 Å². The van der Waals surface area contributed by atoms with E-state index in [1.165, 1.54) is 17.4 Å². The Balaban J connectivity index is 1.64. The highest BCUT2D eigenvalue weighted by molar-refractivity contribution is 7.07. The van der Waals surface area contributed by atoms with Crippen LogP contribution in [0.5, 0.6) is 5.75 Å². The third kappa shape index (κ3) is 3.43. The zero-order valence-corrected chi connectivity index (χ0v) is 11.7. The molecule has 1 aromatic carbocycles. The summed E-state index contributed by atoms with van der Waals surface area (Å²) in [6.45, 7) is 0. The Hall–Kier alpha value is -2.73. The summed E-state index contributed by atoms with van der Waals surface area (Å²) >= 11 is 1.47. The molecule has 3 rings (SSSR count). The summed E-state index contributed by atoms with van der Waals surface area (Å²) in [6, 6.07) is 8.97. The molecule has 0 bridgehead atoms. The number of ether oxygens (including phenoxy) is 1. The predicted octanol–water partition coefficient (Wildman–Crippen LogP) is 2.95. The van der Waals surface area contributed by atoms with Gasteiger partial charge in [-0.25, -0.2) is 14.5 Å². The minimum absolute atomic E-state index is 0.435. The fraction of sp³-hybridized carbons (Fsp3) is 0. The van der Waals surface area contributed by atoms with Crippen molar-refractivity contribution < 1.29 is 9.53 Å². The first-order valence-corrected chi connectivity index (χ1v) is 7.14. The van der Waals surface area contributed by atoms with E-state index in [0.29, 0.717) is 5.75 Å². The summed E-state index contributed by atoms with van der Waals surface area (Å²) in [7, 11) is 0. The first-order chi connectivity index (χ1) is 10.3. The molecule has 0 N–H and O–H groups in total. The van der Waals surface area contributed by atoms with Crippen molar-refractivity contribution in [2.24, 2.45) is 0 Å². The van der Waals surface area contributed by atoms with E-state index in [1.54, 1.807) is 34.6 Å². The maximum Gasteiger partial charge on any atom is 0.336 e. The molecule has 0 saturated carbocycles. The number of carbonyl (C=O) groups is 1. The number of aromatic nitrogens is 3. The molecule has 0 amide bonds. The van der Waals surface area contributed by atoms with Crippen LogP contribution in [-0.4, -0.2) is 20.7 Å². The molecule has 2 aromatic heterocycles. The lowest BCUT2D eigenvalue weighted by molar-refractivity contribution is -0.128. The average Bonchev–Trinajstić information content (AvgIpc) is 3.19. The van der Waals surface area contributed by atoms with E-state index >= 15 is 0 Å². The number of esters is 1. The predicted molar refractivity (Wildman–Crippen MR) is 80.3 cm³/mol. The Morgan fingerprint density at radius 2 is 2.14 bits per heavy atom. The van der Waals surface area contributed by atoms with Crippen molar-refractivity contribution in [3.8, 4) is 11.4 Å². The van der Waals surface area contributed by atoms with Crippen LogP contribution in [0.3, 0.4) is 0 Å². The lowest BCUT2D eigenvalue weighted by Crippen LogP contribution is -2.04. The number of hydrogen-bond acceptors (Lipinski definition) is 5. The Morgan fingerprint density at radius 3 is 2.81 bits per heavy atom. The molecule has 0 radical (unpaired) electrons. The summed E-state index contributed by atoms with van der Waals surface area (Å²) in [5.74, 6) is 0.0497. The number of benzene rings is 1. The minimum Gasteiger partial charge on any atom is -0.423 e. The van der Waals surface area contributed by atoms with Crippen LogP contribution in [0, 0.1) is 0 Å². The first-order valence-electron chi connectivity index (χ1n) is 6.19. The van der Waals surface area contributed by atoms with Gasteiger partial charge in [-0.1, -0.05) is 0 Å². The fourth-order valence-corrected chi connectivity index (χ4v) is 2.22. The summed E-state index contributed by atoms with van der Waals surface area (Å²) in [4.78, 5) is 15.7. The first kappa shape index (κ1) is 13.3. The van der Waals surface area contributed by atoms with Gasteiger partial charge in [-0.15, -0.1) is 11.3 Å². The Labute approximate surface area is 125 Å². The van der Waals surface area contributed by atoms with Crippen molar-refractivity contribution in [2.75, 3.05) is 0 Å². The Bertz CT molecular complexity index is 732. The van der Waals surface area contributed by atoms with Crippen LogP contribution in [0.15, 0.2) is 59.7 Å². The largest absolute Gasteiger partial charge is 0.423 e. The zero-order valence-electron chi connectivity index (χ0n) is 10.9. The molecule has 0 aliphatic heterocycles. The normalized spacial score (nSPS) is 10.9. The standard InChI is InChI=1S/C15H11N3O2S/c19-15(7-2-12-10-21-11-16-12)20-14-5-3-13(4-6-14)18-9-1-8-17-18/h1-11H/b7-2-. The highest BCUT2D eigenvalue weighted by Gasteiger charge is 2.02. The molecule has 0 saturated heterocycles. The summed E-state index contributed by atoms with van der Waals surface area (Å²) in [5, 5.41) is 5.98. The van der Waals surface area contributed by atoms with Gasteiger partial charge in [0.2, 0.25) is 0 Å². The molecule has 0 atom stereocenters. The molecule has 0 fully saturated rings. The summed E-state index contributed by atoms with van der Waals surface area (Å²) < 4.78 is 6.94. The van der Waals surface area contributed by atoms with Crippen molar-refractivity contribution in [3.05, 3.63) is 65.4 Å². The van der Waals surface area contributed by atoms with E-state index in [4.69, 9.17) is 4.74 Å². The molecular weight excluding hydrogens is 286 g/mol. The van der Waals surface area contributed by atoms with Crippen LogP contribution in [0.2, 0.25) is 0 Å². The minimum atomic E-state index is -0.435. The second kappa shape index (κ2) is 6.15. The van der Waals surface area contributed by atoms with Gasteiger partial charge in [0.05, 0.1) is 16.9 Å². The summed E-state index contributed by atoms with van der Waals surface area (Å²) in [5.41, 5.74) is 3.35. The smallest absolute Gasteiger partial charge is 0.336 e. The van der Waals surface area contributed by atoms with Crippen LogP contribution in [0.4, 0.5) is 0 Å². The molecule has 0 aliphatic carbocycles. The van der Waals surface area contributed by atoms with Crippen LogP contribution in [0.1, 0.15) is 5.69 Å². The fourth-order valence-electron chi connectivity index (χ4n) is 1.70. The topological polar surface area (TPSA) is 57.0 Å². The number of thiazole rings is 1. The molecule has 2 heterocycles. The van der Waals surface area contributed by atoms with Gasteiger partial charge >= 0.3 is 5.97 Å². The molecule has 5 nitrogen and oxygen atoms in total. The molecule has 6 heteroatoms. The van der Waals surface area contributed by atoms with Gasteiger partial charge in [-0.05, 0) is 36.4 Å². The Kier molecular flexibility index (Phi) is 3.88. The van der Waals surface area contributed by atoms with Gasteiger partial charge in [0, 0.05) is 23.8 Å².